The van der Waals surface area contributed by atoms with Gasteiger partial charge in [-0.3, -0.25) is 4.79 Å². The molecule has 0 heterocycles. The minimum atomic E-state index is 0.0810. The molecule has 2 atom stereocenters. The molecule has 0 spiro atoms. The van der Waals surface area contributed by atoms with Crippen LogP contribution >= 0.6 is 22.6 Å². The summed E-state index contributed by atoms with van der Waals surface area (Å²) < 4.78 is 7.03. The number of rotatable bonds is 4. The Morgan fingerprint density at radius 3 is 2.55 bits per heavy atom. The average molecular weight is 386 g/mol. The quantitative estimate of drug-likeness (QED) is 0.554. The van der Waals surface area contributed by atoms with Gasteiger partial charge in [0, 0.05) is 9.13 Å². The highest BCUT2D eigenvalue weighted by Crippen LogP contribution is 2.39. The van der Waals surface area contributed by atoms with Crippen LogP contribution in [-0.4, -0.2) is 18.5 Å². The predicted molar refractivity (Wildman–Crippen MR) is 90.0 cm³/mol. The lowest BCUT2D eigenvalue weighted by atomic mass is 9.71. The van der Waals surface area contributed by atoms with Crippen molar-refractivity contribution in [3.05, 3.63) is 33.4 Å². The monoisotopic (exact) mass is 386 g/mol. The molecule has 0 aliphatic heterocycles. The van der Waals surface area contributed by atoms with Crippen LogP contribution in [0.3, 0.4) is 0 Å². The Balaban J connectivity index is 1.88. The summed E-state index contributed by atoms with van der Waals surface area (Å²) in [7, 11) is 0. The summed E-state index contributed by atoms with van der Waals surface area (Å²) in [5.74, 6) is 0.759. The Morgan fingerprint density at radius 1 is 1.30 bits per heavy atom. The summed E-state index contributed by atoms with van der Waals surface area (Å²) >= 11 is 2.24. The molecule has 1 fully saturated rings. The van der Waals surface area contributed by atoms with Gasteiger partial charge in [0.05, 0.1) is 6.10 Å². The van der Waals surface area contributed by atoms with Crippen molar-refractivity contribution in [3.8, 4) is 0 Å². The van der Waals surface area contributed by atoms with Crippen LogP contribution in [0, 0.1) is 14.9 Å². The number of ether oxygens (including phenoxy) is 1. The fourth-order valence-electron chi connectivity index (χ4n) is 3.30. The molecular weight excluding hydrogens is 363 g/mol. The molecule has 1 aliphatic rings. The van der Waals surface area contributed by atoms with E-state index in [2.05, 4.69) is 43.4 Å². The molecular formula is C17H23IO2. The van der Waals surface area contributed by atoms with Crippen LogP contribution in [0.1, 0.15) is 50.4 Å². The smallest absolute Gasteiger partial charge is 0.188 e. The van der Waals surface area contributed by atoms with Crippen LogP contribution in [0.4, 0.5) is 0 Å². The minimum Gasteiger partial charge on any atom is -0.370 e. The summed E-state index contributed by atoms with van der Waals surface area (Å²) in [6.45, 7) is 7.06. The fourth-order valence-corrected chi connectivity index (χ4v) is 3.66. The van der Waals surface area contributed by atoms with Gasteiger partial charge >= 0.3 is 0 Å². The zero-order valence-corrected chi connectivity index (χ0v) is 14.6. The highest BCUT2D eigenvalue weighted by molar-refractivity contribution is 14.1. The van der Waals surface area contributed by atoms with Crippen molar-refractivity contribution in [2.45, 2.75) is 46.1 Å². The lowest BCUT2D eigenvalue weighted by Gasteiger charge is -2.38. The maximum absolute atomic E-state index is 12.1. The number of halogens is 1. The number of ketones is 1. The average Bonchev–Trinajstić information content (AvgIpc) is 2.34. The molecule has 2 nitrogen and oxygen atoms in total. The van der Waals surface area contributed by atoms with Gasteiger partial charge in [0.25, 0.3) is 0 Å². The van der Waals surface area contributed by atoms with Gasteiger partial charge in [0.1, 0.15) is 6.61 Å². The zero-order chi connectivity index (χ0) is 14.8. The van der Waals surface area contributed by atoms with Crippen molar-refractivity contribution in [2.75, 3.05) is 6.61 Å². The molecule has 0 bridgehead atoms. The summed E-state index contributed by atoms with van der Waals surface area (Å²) in [5, 5.41) is 0. The largest absolute Gasteiger partial charge is 0.370 e. The molecule has 110 valence electrons. The summed E-state index contributed by atoms with van der Waals surface area (Å²) in [6, 6.07) is 7.67. The van der Waals surface area contributed by atoms with Gasteiger partial charge in [-0.2, -0.15) is 0 Å². The SMILES string of the molecule is CC1CC(OCC(=O)c2ccc(I)cc2)CC(C)(C)C1. The van der Waals surface area contributed by atoms with Gasteiger partial charge in [0.2, 0.25) is 0 Å². The predicted octanol–water partition coefficient (Wildman–Crippen LogP) is 4.71. The Kier molecular flexibility index (Phi) is 5.24. The van der Waals surface area contributed by atoms with E-state index >= 15 is 0 Å². The van der Waals surface area contributed by atoms with Gasteiger partial charge in [-0.25, -0.2) is 0 Å². The number of carbonyl (C=O) groups excluding carboxylic acids is 1. The maximum Gasteiger partial charge on any atom is 0.188 e. The Bertz CT molecular complexity index is 464. The van der Waals surface area contributed by atoms with Gasteiger partial charge in [-0.15, -0.1) is 0 Å². The molecule has 0 N–H and O–H groups in total. The van der Waals surface area contributed by atoms with E-state index < -0.39 is 0 Å². The lowest BCUT2D eigenvalue weighted by Crippen LogP contribution is -2.33. The van der Waals surface area contributed by atoms with E-state index in [-0.39, 0.29) is 18.5 Å². The van der Waals surface area contributed by atoms with Crippen LogP contribution in [0.2, 0.25) is 0 Å². The highest BCUT2D eigenvalue weighted by atomic mass is 127. The number of carbonyl (C=O) groups is 1. The topological polar surface area (TPSA) is 26.3 Å². The first-order chi connectivity index (χ1) is 9.35. The summed E-state index contributed by atoms with van der Waals surface area (Å²) in [6.07, 6.45) is 3.60. The summed E-state index contributed by atoms with van der Waals surface area (Å²) in [4.78, 5) is 12.1. The fraction of sp³-hybridized carbons (Fsp3) is 0.588. The highest BCUT2D eigenvalue weighted by Gasteiger charge is 2.32. The van der Waals surface area contributed by atoms with Gasteiger partial charge in [-0.05, 0) is 65.3 Å². The molecule has 0 radical (unpaired) electrons. The van der Waals surface area contributed by atoms with Crippen molar-refractivity contribution < 1.29 is 9.53 Å². The normalized spacial score (nSPS) is 25.4. The van der Waals surface area contributed by atoms with E-state index in [9.17, 15) is 4.79 Å². The van der Waals surface area contributed by atoms with Crippen LogP contribution < -0.4 is 0 Å². The van der Waals surface area contributed by atoms with E-state index in [1.807, 2.05) is 24.3 Å². The van der Waals surface area contributed by atoms with E-state index in [4.69, 9.17) is 4.74 Å². The third-order valence-corrected chi connectivity index (χ3v) is 4.68. The second kappa shape index (κ2) is 6.56. The molecule has 1 saturated carbocycles. The third kappa shape index (κ3) is 4.55. The van der Waals surface area contributed by atoms with Crippen molar-refractivity contribution in [2.24, 2.45) is 11.3 Å². The molecule has 2 rings (SSSR count). The molecule has 1 aromatic rings. The number of Topliss-reactive ketones (excluding diaryl/α,β-unsaturated/α-hetero) is 1. The molecule has 1 aliphatic carbocycles. The van der Waals surface area contributed by atoms with E-state index in [0.717, 1.165) is 22.0 Å². The van der Waals surface area contributed by atoms with E-state index in [0.29, 0.717) is 11.3 Å². The van der Waals surface area contributed by atoms with Crippen molar-refractivity contribution in [1.29, 1.82) is 0 Å². The van der Waals surface area contributed by atoms with Crippen LogP contribution in [-0.2, 0) is 4.74 Å². The number of hydrogen-bond acceptors (Lipinski definition) is 2. The Labute approximate surface area is 135 Å². The van der Waals surface area contributed by atoms with Crippen LogP contribution in [0.25, 0.3) is 0 Å². The first-order valence-electron chi connectivity index (χ1n) is 7.26. The van der Waals surface area contributed by atoms with Crippen LogP contribution in [0.5, 0.6) is 0 Å². The molecule has 3 heteroatoms. The van der Waals surface area contributed by atoms with Crippen molar-refractivity contribution in [1.82, 2.24) is 0 Å². The molecule has 2 unspecified atom stereocenters. The molecule has 0 amide bonds. The zero-order valence-electron chi connectivity index (χ0n) is 12.5. The first kappa shape index (κ1) is 16.0. The Morgan fingerprint density at radius 2 is 1.95 bits per heavy atom. The van der Waals surface area contributed by atoms with Crippen molar-refractivity contribution in [3.63, 3.8) is 0 Å². The second-order valence-corrected chi connectivity index (χ2v) is 8.02. The van der Waals surface area contributed by atoms with Gasteiger partial charge in [0.15, 0.2) is 5.78 Å². The van der Waals surface area contributed by atoms with Gasteiger partial charge in [-0.1, -0.05) is 32.9 Å². The number of hydrogen-bond donors (Lipinski definition) is 0. The lowest BCUT2D eigenvalue weighted by molar-refractivity contribution is -0.0167. The molecule has 0 saturated heterocycles. The molecule has 0 aromatic heterocycles. The second-order valence-electron chi connectivity index (χ2n) is 6.78. The molecule has 20 heavy (non-hydrogen) atoms. The third-order valence-electron chi connectivity index (χ3n) is 3.96. The summed E-state index contributed by atoms with van der Waals surface area (Å²) in [5.41, 5.74) is 1.07. The van der Waals surface area contributed by atoms with Gasteiger partial charge < -0.3 is 4.74 Å². The first-order valence-corrected chi connectivity index (χ1v) is 8.34. The van der Waals surface area contributed by atoms with Crippen LogP contribution in [0.15, 0.2) is 24.3 Å². The maximum atomic E-state index is 12.1. The molecule has 1 aromatic carbocycles. The number of benzene rings is 1. The minimum absolute atomic E-state index is 0.0810. The van der Waals surface area contributed by atoms with E-state index in [1.54, 1.807) is 0 Å². The van der Waals surface area contributed by atoms with Crippen molar-refractivity contribution >= 4 is 28.4 Å². The standard InChI is InChI=1S/C17H23IO2/c1-12-8-15(10-17(2,3)9-12)20-11-16(19)13-4-6-14(18)7-5-13/h4-7,12,15H,8-11H2,1-3H3. The van der Waals surface area contributed by atoms with E-state index in [1.165, 1.54) is 6.42 Å². The Hall–Kier alpha value is -0.420.